The SMILES string of the molecule is CC=C(C)C(=O)O[C@H]1[C@@H]2C(C(=O)OC)=COC(O)[C@@H]2[C@@](C)(O)[C@H]1O. The van der Waals surface area contributed by atoms with E-state index in [0.29, 0.717) is 5.57 Å². The van der Waals surface area contributed by atoms with Crippen LogP contribution in [0.5, 0.6) is 0 Å². The van der Waals surface area contributed by atoms with Gasteiger partial charge in [0.05, 0.1) is 24.9 Å². The van der Waals surface area contributed by atoms with E-state index in [-0.39, 0.29) is 5.57 Å². The van der Waals surface area contributed by atoms with Crippen LogP contribution in [0.15, 0.2) is 23.5 Å². The lowest BCUT2D eigenvalue weighted by atomic mass is 9.81. The number of aliphatic hydroxyl groups excluding tert-OH is 2. The number of fused-ring (bicyclic) bond motifs is 1. The smallest absolute Gasteiger partial charge is 0.337 e. The zero-order chi connectivity index (χ0) is 18.2. The summed E-state index contributed by atoms with van der Waals surface area (Å²) in [5, 5.41) is 31.1. The molecule has 1 fully saturated rings. The van der Waals surface area contributed by atoms with Crippen LogP contribution in [0.25, 0.3) is 0 Å². The van der Waals surface area contributed by atoms with Crippen LogP contribution in [0.2, 0.25) is 0 Å². The molecule has 0 amide bonds. The van der Waals surface area contributed by atoms with Crippen LogP contribution in [0.4, 0.5) is 0 Å². The third kappa shape index (κ3) is 2.81. The van der Waals surface area contributed by atoms with Crippen LogP contribution in [-0.2, 0) is 23.8 Å². The second-order valence-electron chi connectivity index (χ2n) is 6.16. The Kier molecular flexibility index (Phi) is 5.03. The fourth-order valence-electron chi connectivity index (χ4n) is 3.21. The first-order chi connectivity index (χ1) is 11.2. The summed E-state index contributed by atoms with van der Waals surface area (Å²) >= 11 is 0. The zero-order valence-electron chi connectivity index (χ0n) is 13.9. The van der Waals surface area contributed by atoms with Gasteiger partial charge in [-0.25, -0.2) is 9.59 Å². The van der Waals surface area contributed by atoms with Crippen LogP contribution in [-0.4, -0.2) is 58.5 Å². The minimum absolute atomic E-state index is 0.0273. The van der Waals surface area contributed by atoms with Gasteiger partial charge >= 0.3 is 11.9 Å². The molecule has 0 spiro atoms. The van der Waals surface area contributed by atoms with Crippen LogP contribution < -0.4 is 0 Å². The molecule has 1 aliphatic carbocycles. The molecule has 1 saturated carbocycles. The largest absolute Gasteiger partial charge is 0.472 e. The molecule has 2 rings (SSSR count). The summed E-state index contributed by atoms with van der Waals surface area (Å²) in [6, 6.07) is 0. The first-order valence-corrected chi connectivity index (χ1v) is 7.53. The number of aliphatic hydroxyl groups is 3. The summed E-state index contributed by atoms with van der Waals surface area (Å²) in [5.74, 6) is -3.50. The molecule has 24 heavy (non-hydrogen) atoms. The number of hydrogen-bond acceptors (Lipinski definition) is 8. The number of hydrogen-bond donors (Lipinski definition) is 3. The normalized spacial score (nSPS) is 38.7. The highest BCUT2D eigenvalue weighted by molar-refractivity contribution is 5.90. The van der Waals surface area contributed by atoms with Crippen molar-refractivity contribution in [2.75, 3.05) is 7.11 Å². The van der Waals surface area contributed by atoms with E-state index in [2.05, 4.69) is 4.74 Å². The average molecular weight is 342 g/mol. The lowest BCUT2D eigenvalue weighted by molar-refractivity contribution is -0.179. The maximum atomic E-state index is 12.1. The van der Waals surface area contributed by atoms with Gasteiger partial charge in [-0.15, -0.1) is 0 Å². The van der Waals surface area contributed by atoms with Crippen molar-refractivity contribution < 1.29 is 39.1 Å². The molecule has 2 aliphatic rings. The molecule has 134 valence electrons. The fraction of sp³-hybridized carbons (Fsp3) is 0.625. The minimum Gasteiger partial charge on any atom is -0.472 e. The van der Waals surface area contributed by atoms with Gasteiger partial charge < -0.3 is 29.5 Å². The lowest BCUT2D eigenvalue weighted by Crippen LogP contribution is -2.48. The van der Waals surface area contributed by atoms with E-state index >= 15 is 0 Å². The van der Waals surface area contributed by atoms with Crippen molar-refractivity contribution in [3.63, 3.8) is 0 Å². The molecular weight excluding hydrogens is 320 g/mol. The van der Waals surface area contributed by atoms with Crippen molar-refractivity contribution >= 4 is 11.9 Å². The summed E-state index contributed by atoms with van der Waals surface area (Å²) in [4.78, 5) is 24.1. The van der Waals surface area contributed by atoms with Gasteiger partial charge in [0.15, 0.2) is 0 Å². The van der Waals surface area contributed by atoms with Gasteiger partial charge in [0, 0.05) is 11.5 Å². The highest BCUT2D eigenvalue weighted by atomic mass is 16.6. The van der Waals surface area contributed by atoms with E-state index in [1.807, 2.05) is 0 Å². The number of allylic oxidation sites excluding steroid dienone is 1. The van der Waals surface area contributed by atoms with E-state index in [0.717, 1.165) is 13.4 Å². The number of methoxy groups -OCH3 is 1. The average Bonchev–Trinajstić information content (AvgIpc) is 2.75. The zero-order valence-corrected chi connectivity index (χ0v) is 13.9. The minimum atomic E-state index is -1.84. The number of carbonyl (C=O) groups excluding carboxylic acids is 2. The van der Waals surface area contributed by atoms with Crippen LogP contribution in [0.3, 0.4) is 0 Å². The Morgan fingerprint density at radius 2 is 2.00 bits per heavy atom. The van der Waals surface area contributed by atoms with E-state index < -0.39 is 47.9 Å². The molecule has 8 heteroatoms. The lowest BCUT2D eigenvalue weighted by Gasteiger charge is -2.36. The molecule has 0 aromatic rings. The predicted octanol–water partition coefficient (Wildman–Crippen LogP) is -0.372. The fourth-order valence-corrected chi connectivity index (χ4v) is 3.21. The molecular formula is C16H22O8. The van der Waals surface area contributed by atoms with Gasteiger partial charge in [-0.1, -0.05) is 6.08 Å². The number of esters is 2. The van der Waals surface area contributed by atoms with Gasteiger partial charge in [0.2, 0.25) is 6.29 Å². The monoisotopic (exact) mass is 342 g/mol. The van der Waals surface area contributed by atoms with Crippen LogP contribution in [0, 0.1) is 11.8 Å². The van der Waals surface area contributed by atoms with E-state index in [9.17, 15) is 24.9 Å². The van der Waals surface area contributed by atoms with Crippen LogP contribution in [0.1, 0.15) is 20.8 Å². The first-order valence-electron chi connectivity index (χ1n) is 7.53. The van der Waals surface area contributed by atoms with Crippen molar-refractivity contribution in [1.29, 1.82) is 0 Å². The molecule has 8 nitrogen and oxygen atoms in total. The Morgan fingerprint density at radius 3 is 2.54 bits per heavy atom. The van der Waals surface area contributed by atoms with Crippen molar-refractivity contribution in [3.05, 3.63) is 23.5 Å². The summed E-state index contributed by atoms with van der Waals surface area (Å²) in [6.45, 7) is 4.48. The number of carbonyl (C=O) groups is 2. The molecule has 0 aromatic carbocycles. The van der Waals surface area contributed by atoms with Crippen LogP contribution >= 0.6 is 0 Å². The third-order valence-electron chi connectivity index (χ3n) is 4.75. The molecule has 6 atom stereocenters. The topological polar surface area (TPSA) is 123 Å². The molecule has 0 radical (unpaired) electrons. The molecule has 1 unspecified atom stereocenters. The second kappa shape index (κ2) is 6.54. The third-order valence-corrected chi connectivity index (χ3v) is 4.75. The summed E-state index contributed by atoms with van der Waals surface area (Å²) < 4.78 is 15.0. The summed E-state index contributed by atoms with van der Waals surface area (Å²) in [6.07, 6.45) is -1.69. The Morgan fingerprint density at radius 1 is 1.38 bits per heavy atom. The standard InChI is InChI=1S/C16H22O8/c1-5-7(2)13(18)24-11-9-8(14(19)22-4)6-23-15(20)10(9)16(3,21)12(11)17/h5-6,9-12,15,17,20-21H,1-4H3/t9-,10-,11+,12+,15?,16-/m1/s1. The predicted molar refractivity (Wildman–Crippen MR) is 80.1 cm³/mol. The Hall–Kier alpha value is -1.90. The first kappa shape index (κ1) is 18.4. The summed E-state index contributed by atoms with van der Waals surface area (Å²) in [7, 11) is 1.16. The Balaban J connectivity index is 2.45. The van der Waals surface area contributed by atoms with E-state index in [4.69, 9.17) is 9.47 Å². The van der Waals surface area contributed by atoms with Gasteiger partial charge in [-0.2, -0.15) is 0 Å². The van der Waals surface area contributed by atoms with Gasteiger partial charge in [-0.05, 0) is 20.8 Å². The van der Waals surface area contributed by atoms with E-state index in [1.54, 1.807) is 6.92 Å². The Labute approximate surface area is 139 Å². The van der Waals surface area contributed by atoms with Crippen molar-refractivity contribution in [1.82, 2.24) is 0 Å². The van der Waals surface area contributed by atoms with Crippen molar-refractivity contribution in [2.24, 2.45) is 11.8 Å². The van der Waals surface area contributed by atoms with Gasteiger partial charge in [0.25, 0.3) is 0 Å². The summed E-state index contributed by atoms with van der Waals surface area (Å²) in [5.41, 5.74) is -1.56. The molecule has 3 N–H and O–H groups in total. The number of ether oxygens (including phenoxy) is 3. The molecule has 0 bridgehead atoms. The second-order valence-corrected chi connectivity index (χ2v) is 6.16. The maximum absolute atomic E-state index is 12.1. The maximum Gasteiger partial charge on any atom is 0.337 e. The van der Waals surface area contributed by atoms with Gasteiger partial charge in [0.1, 0.15) is 17.8 Å². The Bertz CT molecular complexity index is 591. The van der Waals surface area contributed by atoms with Gasteiger partial charge in [-0.3, -0.25) is 0 Å². The van der Waals surface area contributed by atoms with E-state index in [1.165, 1.54) is 19.9 Å². The number of rotatable bonds is 3. The molecule has 0 saturated heterocycles. The molecule has 1 aliphatic heterocycles. The molecule has 0 aromatic heterocycles. The highest BCUT2D eigenvalue weighted by Gasteiger charge is 2.64. The van der Waals surface area contributed by atoms with Crippen molar-refractivity contribution in [2.45, 2.75) is 44.9 Å². The molecule has 1 heterocycles. The quantitative estimate of drug-likeness (QED) is 0.469. The highest BCUT2D eigenvalue weighted by Crippen LogP contribution is 2.49. The van der Waals surface area contributed by atoms with Crippen molar-refractivity contribution in [3.8, 4) is 0 Å².